The van der Waals surface area contributed by atoms with Gasteiger partial charge in [-0.2, -0.15) is 0 Å². The average molecular weight is 334 g/mol. The van der Waals surface area contributed by atoms with Gasteiger partial charge in [0.25, 0.3) is 11.8 Å². The Bertz CT molecular complexity index is 1080. The summed E-state index contributed by atoms with van der Waals surface area (Å²) in [5.74, 6) is -0.492. The summed E-state index contributed by atoms with van der Waals surface area (Å²) in [7, 11) is 0. The van der Waals surface area contributed by atoms with E-state index in [-0.39, 0.29) is 17.7 Å². The Balaban J connectivity index is 1.84. The Hall–Kier alpha value is -3.28. The van der Waals surface area contributed by atoms with Gasteiger partial charge in [-0.3, -0.25) is 14.5 Å². The zero-order valence-electron chi connectivity index (χ0n) is 13.5. The zero-order chi connectivity index (χ0) is 17.6. The number of amides is 2. The van der Waals surface area contributed by atoms with Crippen LogP contribution in [0, 0.1) is 0 Å². The van der Waals surface area contributed by atoms with Crippen molar-refractivity contribution in [3.05, 3.63) is 64.0 Å². The van der Waals surface area contributed by atoms with Crippen LogP contribution in [0.25, 0.3) is 22.4 Å². The first-order chi connectivity index (χ1) is 12.1. The number of hydrogen-bond acceptors (Lipinski definition) is 5. The molecule has 2 amide bonds. The zero-order valence-corrected chi connectivity index (χ0v) is 13.5. The van der Waals surface area contributed by atoms with Crippen LogP contribution in [-0.2, 0) is 0 Å². The van der Waals surface area contributed by atoms with Crippen molar-refractivity contribution in [2.75, 3.05) is 6.54 Å². The van der Waals surface area contributed by atoms with Crippen LogP contribution in [0.2, 0.25) is 0 Å². The van der Waals surface area contributed by atoms with Crippen LogP contribution >= 0.6 is 0 Å². The van der Waals surface area contributed by atoms with Crippen molar-refractivity contribution < 1.29 is 14.0 Å². The van der Waals surface area contributed by atoms with E-state index in [0.29, 0.717) is 40.6 Å². The fourth-order valence-corrected chi connectivity index (χ4v) is 2.99. The van der Waals surface area contributed by atoms with Gasteiger partial charge in [0.1, 0.15) is 0 Å². The number of rotatable bonds is 3. The lowest BCUT2D eigenvalue weighted by Crippen LogP contribution is -2.30. The molecule has 2 heterocycles. The minimum Gasteiger partial charge on any atom is -0.403 e. The highest BCUT2D eigenvalue weighted by atomic mass is 16.4. The highest BCUT2D eigenvalue weighted by molar-refractivity contribution is 6.21. The number of carbonyl (C=O) groups is 2. The van der Waals surface area contributed by atoms with E-state index in [4.69, 9.17) is 4.42 Å². The molecule has 1 aliphatic rings. The largest absolute Gasteiger partial charge is 0.403 e. The molecule has 0 saturated heterocycles. The van der Waals surface area contributed by atoms with E-state index in [2.05, 4.69) is 4.98 Å². The molecule has 0 spiro atoms. The van der Waals surface area contributed by atoms with Crippen LogP contribution < -0.4 is 5.63 Å². The summed E-state index contributed by atoms with van der Waals surface area (Å²) in [6.45, 7) is 2.29. The number of para-hydroxylation sites is 1. The molecule has 124 valence electrons. The maximum atomic E-state index is 12.5. The smallest absolute Gasteiger partial charge is 0.347 e. The lowest BCUT2D eigenvalue weighted by molar-refractivity contribution is 0.0654. The molecule has 0 unspecified atom stereocenters. The van der Waals surface area contributed by atoms with Crippen LogP contribution in [0.5, 0.6) is 0 Å². The van der Waals surface area contributed by atoms with Gasteiger partial charge in [0.15, 0.2) is 0 Å². The van der Waals surface area contributed by atoms with Crippen molar-refractivity contribution in [2.24, 2.45) is 0 Å². The number of carbonyl (C=O) groups excluding carboxylic acids is 2. The number of hydrogen-bond donors (Lipinski definition) is 0. The highest BCUT2D eigenvalue weighted by Gasteiger charge is 2.35. The van der Waals surface area contributed by atoms with E-state index in [1.807, 2.05) is 6.92 Å². The molecule has 0 bridgehead atoms. The van der Waals surface area contributed by atoms with E-state index in [1.165, 1.54) is 4.90 Å². The van der Waals surface area contributed by atoms with Crippen molar-refractivity contribution in [3.63, 3.8) is 0 Å². The van der Waals surface area contributed by atoms with Gasteiger partial charge in [-0.1, -0.05) is 19.1 Å². The molecule has 2 aromatic carbocycles. The van der Waals surface area contributed by atoms with Crippen molar-refractivity contribution in [3.8, 4) is 11.5 Å². The monoisotopic (exact) mass is 334 g/mol. The lowest BCUT2D eigenvalue weighted by Gasteiger charge is -2.11. The predicted molar refractivity (Wildman–Crippen MR) is 91.4 cm³/mol. The second-order valence-electron chi connectivity index (χ2n) is 5.85. The minimum atomic E-state index is -0.490. The van der Waals surface area contributed by atoms with E-state index < -0.39 is 5.63 Å². The topological polar surface area (TPSA) is 80.5 Å². The molecule has 4 rings (SSSR count). The Kier molecular flexibility index (Phi) is 3.46. The summed E-state index contributed by atoms with van der Waals surface area (Å²) >= 11 is 0. The summed E-state index contributed by atoms with van der Waals surface area (Å²) in [6.07, 6.45) is 0.694. The molecular weight excluding hydrogens is 320 g/mol. The van der Waals surface area contributed by atoms with E-state index in [0.717, 1.165) is 0 Å². The SMILES string of the molecule is CCCN1C(=O)c2ccc(-c3nc4ccccc4c(=O)o3)cc2C1=O. The fraction of sp³-hybridized carbons (Fsp3) is 0.158. The number of imide groups is 1. The van der Waals surface area contributed by atoms with Crippen molar-refractivity contribution >= 4 is 22.7 Å². The number of nitrogens with zero attached hydrogens (tertiary/aromatic N) is 2. The van der Waals surface area contributed by atoms with Crippen LogP contribution in [0.1, 0.15) is 34.1 Å². The van der Waals surface area contributed by atoms with Gasteiger partial charge in [0.05, 0.1) is 22.0 Å². The van der Waals surface area contributed by atoms with Gasteiger partial charge in [-0.05, 0) is 36.8 Å². The lowest BCUT2D eigenvalue weighted by atomic mass is 10.1. The number of benzene rings is 2. The molecule has 0 fully saturated rings. The van der Waals surface area contributed by atoms with E-state index >= 15 is 0 Å². The third-order valence-electron chi connectivity index (χ3n) is 4.20. The first-order valence-corrected chi connectivity index (χ1v) is 8.00. The van der Waals surface area contributed by atoms with Crippen LogP contribution in [0.15, 0.2) is 51.7 Å². The summed E-state index contributed by atoms with van der Waals surface area (Å²) < 4.78 is 5.30. The van der Waals surface area contributed by atoms with Crippen molar-refractivity contribution in [1.82, 2.24) is 9.88 Å². The maximum Gasteiger partial charge on any atom is 0.347 e. The van der Waals surface area contributed by atoms with Crippen molar-refractivity contribution in [1.29, 1.82) is 0 Å². The molecule has 1 aliphatic heterocycles. The minimum absolute atomic E-state index is 0.126. The van der Waals surface area contributed by atoms with Gasteiger partial charge in [0, 0.05) is 12.1 Å². The molecular formula is C19H14N2O4. The summed E-state index contributed by atoms with van der Waals surface area (Å²) in [6, 6.07) is 11.7. The number of fused-ring (bicyclic) bond motifs is 2. The maximum absolute atomic E-state index is 12.5. The molecule has 0 aliphatic carbocycles. The molecule has 0 radical (unpaired) electrons. The first kappa shape index (κ1) is 15.3. The molecule has 25 heavy (non-hydrogen) atoms. The van der Waals surface area contributed by atoms with Crippen LogP contribution in [0.3, 0.4) is 0 Å². The molecule has 0 saturated carbocycles. The first-order valence-electron chi connectivity index (χ1n) is 8.00. The Morgan fingerprint density at radius 1 is 1.00 bits per heavy atom. The van der Waals surface area contributed by atoms with E-state index in [9.17, 15) is 14.4 Å². The molecule has 3 aromatic rings. The molecule has 0 atom stereocenters. The summed E-state index contributed by atoms with van der Waals surface area (Å²) in [4.78, 5) is 42.5. The van der Waals surface area contributed by atoms with Gasteiger partial charge >= 0.3 is 5.63 Å². The van der Waals surface area contributed by atoms with Gasteiger partial charge in [-0.25, -0.2) is 9.78 Å². The third kappa shape index (κ3) is 2.34. The Morgan fingerprint density at radius 3 is 2.56 bits per heavy atom. The molecule has 6 nitrogen and oxygen atoms in total. The summed E-state index contributed by atoms with van der Waals surface area (Å²) in [5, 5.41) is 0.396. The second-order valence-corrected chi connectivity index (χ2v) is 5.85. The van der Waals surface area contributed by atoms with E-state index in [1.54, 1.807) is 42.5 Å². The molecule has 0 N–H and O–H groups in total. The standard InChI is InChI=1S/C19H14N2O4/c1-2-9-21-17(22)12-8-7-11(10-14(12)18(21)23)16-20-15-6-4-3-5-13(15)19(24)25-16/h3-8,10H,2,9H2,1H3. The summed E-state index contributed by atoms with van der Waals surface area (Å²) in [5.41, 5.74) is 1.19. The Labute approximate surface area is 142 Å². The van der Waals surface area contributed by atoms with Crippen LogP contribution in [-0.4, -0.2) is 28.2 Å². The van der Waals surface area contributed by atoms with Gasteiger partial charge in [0.2, 0.25) is 5.89 Å². The molecule has 1 aromatic heterocycles. The fourth-order valence-electron chi connectivity index (χ4n) is 2.99. The Morgan fingerprint density at radius 2 is 1.76 bits per heavy atom. The van der Waals surface area contributed by atoms with Crippen molar-refractivity contribution in [2.45, 2.75) is 13.3 Å². The van der Waals surface area contributed by atoms with Crippen LogP contribution in [0.4, 0.5) is 0 Å². The average Bonchev–Trinajstić information content (AvgIpc) is 2.86. The van der Waals surface area contributed by atoms with Gasteiger partial charge < -0.3 is 4.42 Å². The highest BCUT2D eigenvalue weighted by Crippen LogP contribution is 2.28. The van der Waals surface area contributed by atoms with Gasteiger partial charge in [-0.15, -0.1) is 0 Å². The number of aromatic nitrogens is 1. The molecule has 6 heteroatoms. The normalized spacial score (nSPS) is 13.6. The predicted octanol–water partition coefficient (Wildman–Crippen LogP) is 2.86. The third-order valence-corrected chi connectivity index (χ3v) is 4.20. The second kappa shape index (κ2) is 5.66. The quantitative estimate of drug-likeness (QED) is 0.688.